The number of carbonyl (C=O) groups excluding carboxylic acids is 1. The van der Waals surface area contributed by atoms with Gasteiger partial charge >= 0.3 is 0 Å². The molecule has 0 aliphatic carbocycles. The number of fused-ring (bicyclic) bond motifs is 1. The first-order valence-corrected chi connectivity index (χ1v) is 10.9. The van der Waals surface area contributed by atoms with E-state index in [4.69, 9.17) is 19.4 Å². The molecule has 0 unspecified atom stereocenters. The van der Waals surface area contributed by atoms with E-state index in [1.54, 1.807) is 11.5 Å². The Hall–Kier alpha value is -2.15. The normalized spacial score (nSPS) is 22.0. The van der Waals surface area contributed by atoms with E-state index < -0.39 is 28.4 Å². The van der Waals surface area contributed by atoms with E-state index in [0.29, 0.717) is 11.2 Å². The number of hydrogen-bond donors (Lipinski definition) is 1. The Kier molecular flexibility index (Phi) is 6.46. The number of Topliss-reactive ketones (excluding diaryl/α,β-unsaturated/α-hetero) is 1. The van der Waals surface area contributed by atoms with Crippen molar-refractivity contribution >= 4 is 32.9 Å². The van der Waals surface area contributed by atoms with Crippen LogP contribution in [0.5, 0.6) is 0 Å². The van der Waals surface area contributed by atoms with Crippen LogP contribution in [0, 0.1) is 11.8 Å². The van der Waals surface area contributed by atoms with Crippen molar-refractivity contribution in [3.8, 4) is 0 Å². The van der Waals surface area contributed by atoms with Crippen molar-refractivity contribution in [2.45, 2.75) is 39.7 Å². The molecule has 12 heteroatoms. The second kappa shape index (κ2) is 8.69. The molecule has 0 aromatic carbocycles. The highest BCUT2D eigenvalue weighted by molar-refractivity contribution is 7.87. The summed E-state index contributed by atoms with van der Waals surface area (Å²) in [5.74, 6) is -1.05. The lowest BCUT2D eigenvalue weighted by Gasteiger charge is -2.17. The van der Waals surface area contributed by atoms with Gasteiger partial charge in [0.1, 0.15) is 24.2 Å². The van der Waals surface area contributed by atoms with E-state index in [1.165, 1.54) is 12.7 Å². The topological polar surface area (TPSA) is 149 Å². The number of imidazole rings is 1. The summed E-state index contributed by atoms with van der Waals surface area (Å²) in [6, 6.07) is 0. The summed E-state index contributed by atoms with van der Waals surface area (Å²) in [4.78, 5) is 24.3. The third-order valence-electron chi connectivity index (χ3n) is 5.14. The monoisotopic (exact) mass is 427 g/mol. The van der Waals surface area contributed by atoms with E-state index in [9.17, 15) is 13.2 Å². The van der Waals surface area contributed by atoms with Gasteiger partial charge in [0, 0.05) is 5.92 Å². The van der Waals surface area contributed by atoms with Crippen LogP contribution in [-0.4, -0.2) is 59.0 Å². The first-order valence-electron chi connectivity index (χ1n) is 9.31. The molecule has 3 heterocycles. The van der Waals surface area contributed by atoms with Crippen LogP contribution in [0.2, 0.25) is 0 Å². The van der Waals surface area contributed by atoms with Crippen LogP contribution in [0.25, 0.3) is 11.2 Å². The van der Waals surface area contributed by atoms with Crippen LogP contribution < -0.4 is 5.73 Å². The lowest BCUT2D eigenvalue weighted by molar-refractivity contribution is -0.121. The zero-order valence-corrected chi connectivity index (χ0v) is 17.3. The Labute approximate surface area is 168 Å². The van der Waals surface area contributed by atoms with E-state index in [0.717, 1.165) is 6.42 Å². The van der Waals surface area contributed by atoms with Gasteiger partial charge in [0.2, 0.25) is 0 Å². The SMILES string of the molecule is CC[C@H](C)[C@H](C)C(=O)CS(=O)(=O)OC[C@H]1OC[C@H](n2cnc3c(N)ncnc32)O1. The number of carbonyl (C=O) groups is 1. The molecule has 29 heavy (non-hydrogen) atoms. The lowest BCUT2D eigenvalue weighted by atomic mass is 9.91. The molecule has 1 fully saturated rings. The fraction of sp³-hybridized carbons (Fsp3) is 0.647. The number of hydrogen-bond acceptors (Lipinski definition) is 10. The van der Waals surface area contributed by atoms with E-state index in [-0.39, 0.29) is 36.7 Å². The molecule has 1 aliphatic heterocycles. The molecule has 3 rings (SSSR count). The quantitative estimate of drug-likeness (QED) is 0.571. The van der Waals surface area contributed by atoms with Crippen molar-refractivity contribution in [1.29, 1.82) is 0 Å². The van der Waals surface area contributed by atoms with Crippen LogP contribution in [0.4, 0.5) is 5.82 Å². The summed E-state index contributed by atoms with van der Waals surface area (Å²) < 4.78 is 42.0. The number of nitrogens with zero attached hydrogens (tertiary/aromatic N) is 4. The number of ketones is 1. The molecule has 11 nitrogen and oxygen atoms in total. The van der Waals surface area contributed by atoms with Gasteiger partial charge in [0.15, 0.2) is 29.8 Å². The molecule has 1 saturated heterocycles. The molecule has 0 spiro atoms. The predicted molar refractivity (Wildman–Crippen MR) is 103 cm³/mol. The zero-order valence-electron chi connectivity index (χ0n) is 16.5. The van der Waals surface area contributed by atoms with Gasteiger partial charge in [0.05, 0.1) is 12.9 Å². The molecule has 0 amide bonds. The minimum atomic E-state index is -4.03. The largest absolute Gasteiger partial charge is 0.382 e. The van der Waals surface area contributed by atoms with E-state index in [1.807, 2.05) is 13.8 Å². The number of aromatic nitrogens is 4. The highest BCUT2D eigenvalue weighted by Gasteiger charge is 2.32. The van der Waals surface area contributed by atoms with Gasteiger partial charge < -0.3 is 15.2 Å². The summed E-state index contributed by atoms with van der Waals surface area (Å²) in [6.07, 6.45) is 2.12. The van der Waals surface area contributed by atoms with Crippen LogP contribution in [0.3, 0.4) is 0 Å². The molecule has 0 saturated carbocycles. The summed E-state index contributed by atoms with van der Waals surface area (Å²) in [6.45, 7) is 5.38. The number of nitrogen functional groups attached to an aromatic ring is 1. The summed E-state index contributed by atoms with van der Waals surface area (Å²) in [7, 11) is -4.03. The second-order valence-electron chi connectivity index (χ2n) is 7.06. The maximum absolute atomic E-state index is 12.2. The molecule has 0 bridgehead atoms. The molecular formula is C17H25N5O6S. The second-order valence-corrected chi connectivity index (χ2v) is 8.70. The van der Waals surface area contributed by atoms with Crippen LogP contribution >= 0.6 is 0 Å². The molecule has 2 aromatic heterocycles. The highest BCUT2D eigenvalue weighted by Crippen LogP contribution is 2.26. The van der Waals surface area contributed by atoms with Crippen molar-refractivity contribution in [3.63, 3.8) is 0 Å². The summed E-state index contributed by atoms with van der Waals surface area (Å²) in [5, 5.41) is 0. The first-order chi connectivity index (χ1) is 13.7. The standard InChI is InChI=1S/C17H25N5O6S/c1-4-10(2)11(3)12(23)7-29(24,25)27-6-14-26-5-13(28-14)22-9-21-15-16(18)19-8-20-17(15)22/h8-11,13-14H,4-7H2,1-3H3,(H2,18,19,20)/t10-,11-,13+,14-/m0/s1. The van der Waals surface area contributed by atoms with Gasteiger partial charge in [0.25, 0.3) is 10.1 Å². The van der Waals surface area contributed by atoms with Gasteiger partial charge in [-0.25, -0.2) is 15.0 Å². The van der Waals surface area contributed by atoms with Crippen LogP contribution in [0.15, 0.2) is 12.7 Å². The van der Waals surface area contributed by atoms with Gasteiger partial charge in [-0.05, 0) is 5.92 Å². The minimum Gasteiger partial charge on any atom is -0.382 e. The Bertz CT molecular complexity index is 978. The Morgan fingerprint density at radius 2 is 2.14 bits per heavy atom. The van der Waals surface area contributed by atoms with Gasteiger partial charge in [-0.1, -0.05) is 27.2 Å². The smallest absolute Gasteiger partial charge is 0.274 e. The Morgan fingerprint density at radius 1 is 1.38 bits per heavy atom. The van der Waals surface area contributed by atoms with Gasteiger partial charge in [-0.15, -0.1) is 0 Å². The highest BCUT2D eigenvalue weighted by atomic mass is 32.2. The van der Waals surface area contributed by atoms with E-state index in [2.05, 4.69) is 15.0 Å². The van der Waals surface area contributed by atoms with Crippen molar-refractivity contribution in [1.82, 2.24) is 19.5 Å². The van der Waals surface area contributed by atoms with Crippen LogP contribution in [0.1, 0.15) is 33.4 Å². The third-order valence-corrected chi connectivity index (χ3v) is 6.27. The predicted octanol–water partition coefficient (Wildman–Crippen LogP) is 0.878. The Balaban J connectivity index is 1.56. The maximum atomic E-state index is 12.2. The average molecular weight is 427 g/mol. The van der Waals surface area contributed by atoms with Gasteiger partial charge in [-0.2, -0.15) is 8.42 Å². The average Bonchev–Trinajstić information content (AvgIpc) is 3.32. The third kappa shape index (κ3) is 4.89. The van der Waals surface area contributed by atoms with Crippen LogP contribution in [-0.2, 0) is 28.6 Å². The number of ether oxygens (including phenoxy) is 2. The van der Waals surface area contributed by atoms with Crippen molar-refractivity contribution in [2.24, 2.45) is 11.8 Å². The fourth-order valence-electron chi connectivity index (χ4n) is 2.93. The lowest BCUT2D eigenvalue weighted by Crippen LogP contribution is -2.29. The van der Waals surface area contributed by atoms with Crippen molar-refractivity contribution in [3.05, 3.63) is 12.7 Å². The van der Waals surface area contributed by atoms with Crippen molar-refractivity contribution < 1.29 is 26.9 Å². The first kappa shape index (κ1) is 21.6. The number of anilines is 1. The molecule has 2 N–H and O–H groups in total. The summed E-state index contributed by atoms with van der Waals surface area (Å²) >= 11 is 0. The molecule has 4 atom stereocenters. The Morgan fingerprint density at radius 3 is 2.86 bits per heavy atom. The molecule has 160 valence electrons. The number of nitrogens with two attached hydrogens (primary N) is 1. The molecule has 0 radical (unpaired) electrons. The van der Waals surface area contributed by atoms with Gasteiger partial charge in [-0.3, -0.25) is 13.5 Å². The minimum absolute atomic E-state index is 0.0998. The molecule has 2 aromatic rings. The van der Waals surface area contributed by atoms with E-state index >= 15 is 0 Å². The molecule has 1 aliphatic rings. The maximum Gasteiger partial charge on any atom is 0.274 e. The fourth-order valence-corrected chi connectivity index (χ4v) is 3.95. The zero-order chi connectivity index (χ0) is 21.2. The number of rotatable bonds is 9. The van der Waals surface area contributed by atoms with Crippen molar-refractivity contribution in [2.75, 3.05) is 24.7 Å². The molecular weight excluding hydrogens is 402 g/mol. The summed E-state index contributed by atoms with van der Waals surface area (Å²) in [5.41, 5.74) is 6.68.